The summed E-state index contributed by atoms with van der Waals surface area (Å²) in [4.78, 5) is 22.5. The lowest BCUT2D eigenvalue weighted by Crippen LogP contribution is -2.42. The van der Waals surface area contributed by atoms with Gasteiger partial charge in [-0.2, -0.15) is 0 Å². The highest BCUT2D eigenvalue weighted by Crippen LogP contribution is 2.11. The normalized spacial score (nSPS) is 12.3. The summed E-state index contributed by atoms with van der Waals surface area (Å²) in [7, 11) is 0. The Morgan fingerprint density at radius 3 is 2.47 bits per heavy atom. The van der Waals surface area contributed by atoms with E-state index in [0.29, 0.717) is 5.56 Å². The van der Waals surface area contributed by atoms with Crippen molar-refractivity contribution in [2.24, 2.45) is 0 Å². The van der Waals surface area contributed by atoms with Crippen molar-refractivity contribution < 1.29 is 27.9 Å². The van der Waals surface area contributed by atoms with Gasteiger partial charge in [-0.25, -0.2) is 18.0 Å². The Morgan fingerprint density at radius 2 is 2.00 bits per heavy atom. The van der Waals surface area contributed by atoms with Gasteiger partial charge in [0.15, 0.2) is 0 Å². The van der Waals surface area contributed by atoms with Gasteiger partial charge in [-0.3, -0.25) is 4.79 Å². The molecular formula is C12H12F3NO3. The van der Waals surface area contributed by atoms with Gasteiger partial charge < -0.3 is 10.4 Å². The first-order valence-electron chi connectivity index (χ1n) is 5.39. The van der Waals surface area contributed by atoms with E-state index in [9.17, 15) is 22.8 Å². The fourth-order valence-corrected chi connectivity index (χ4v) is 1.52. The summed E-state index contributed by atoms with van der Waals surface area (Å²) in [6.45, 7) is 1.46. The van der Waals surface area contributed by atoms with Crippen molar-refractivity contribution in [1.29, 1.82) is 0 Å². The van der Waals surface area contributed by atoms with Crippen molar-refractivity contribution >= 4 is 11.9 Å². The molecule has 0 saturated heterocycles. The third-order valence-electron chi connectivity index (χ3n) is 2.45. The highest BCUT2D eigenvalue weighted by molar-refractivity contribution is 5.97. The van der Waals surface area contributed by atoms with Gasteiger partial charge in [-0.1, -0.05) is 0 Å². The van der Waals surface area contributed by atoms with E-state index in [4.69, 9.17) is 5.11 Å². The van der Waals surface area contributed by atoms with Crippen LogP contribution in [0.4, 0.5) is 13.2 Å². The minimum atomic E-state index is -2.85. The molecule has 0 aliphatic heterocycles. The lowest BCUT2D eigenvalue weighted by molar-refractivity contribution is -0.140. The largest absolute Gasteiger partial charge is 0.480 e. The standard InChI is InChI=1S/C12H12F3NO3/c1-6-4-7(13)2-3-8(6)11(17)16-9(12(18)19)5-10(14)15/h2-4,9-10H,5H2,1H3,(H,16,17)(H,18,19). The first-order chi connectivity index (χ1) is 8.81. The van der Waals surface area contributed by atoms with Gasteiger partial charge in [0.1, 0.15) is 11.9 Å². The van der Waals surface area contributed by atoms with Crippen LogP contribution >= 0.6 is 0 Å². The molecule has 1 aromatic rings. The van der Waals surface area contributed by atoms with E-state index in [0.717, 1.165) is 12.1 Å². The van der Waals surface area contributed by atoms with Crippen LogP contribution in [0.1, 0.15) is 22.3 Å². The van der Waals surface area contributed by atoms with Crippen molar-refractivity contribution in [3.05, 3.63) is 35.1 Å². The van der Waals surface area contributed by atoms with Crippen LogP contribution in [-0.2, 0) is 4.79 Å². The molecule has 0 fully saturated rings. The van der Waals surface area contributed by atoms with Crippen LogP contribution in [0, 0.1) is 12.7 Å². The number of halogens is 3. The Balaban J connectivity index is 2.84. The van der Waals surface area contributed by atoms with Gasteiger partial charge in [-0.05, 0) is 30.7 Å². The number of carbonyl (C=O) groups is 2. The van der Waals surface area contributed by atoms with Crippen LogP contribution in [0.3, 0.4) is 0 Å². The smallest absolute Gasteiger partial charge is 0.326 e. The van der Waals surface area contributed by atoms with E-state index in [1.807, 2.05) is 5.32 Å². The molecule has 0 aliphatic carbocycles. The van der Waals surface area contributed by atoms with Crippen LogP contribution < -0.4 is 5.32 Å². The molecule has 7 heteroatoms. The van der Waals surface area contributed by atoms with Gasteiger partial charge in [-0.15, -0.1) is 0 Å². The Morgan fingerprint density at radius 1 is 1.37 bits per heavy atom. The molecule has 0 heterocycles. The molecular weight excluding hydrogens is 263 g/mol. The Labute approximate surface area is 107 Å². The second-order valence-corrected chi connectivity index (χ2v) is 3.95. The molecule has 1 amide bonds. The molecule has 1 aromatic carbocycles. The predicted octanol–water partition coefficient (Wildman–Crippen LogP) is 1.97. The van der Waals surface area contributed by atoms with Crippen molar-refractivity contribution in [3.63, 3.8) is 0 Å². The fourth-order valence-electron chi connectivity index (χ4n) is 1.52. The lowest BCUT2D eigenvalue weighted by atomic mass is 10.1. The third-order valence-corrected chi connectivity index (χ3v) is 2.45. The maximum atomic E-state index is 12.8. The topological polar surface area (TPSA) is 66.4 Å². The second-order valence-electron chi connectivity index (χ2n) is 3.95. The monoisotopic (exact) mass is 275 g/mol. The summed E-state index contributed by atoms with van der Waals surface area (Å²) in [5, 5.41) is 10.7. The molecule has 1 rings (SSSR count). The minimum Gasteiger partial charge on any atom is -0.480 e. The number of amides is 1. The molecule has 0 bridgehead atoms. The minimum absolute atomic E-state index is 0.0434. The van der Waals surface area contributed by atoms with E-state index in [1.165, 1.54) is 13.0 Å². The van der Waals surface area contributed by atoms with Crippen molar-refractivity contribution in [3.8, 4) is 0 Å². The summed E-state index contributed by atoms with van der Waals surface area (Å²) >= 11 is 0. The van der Waals surface area contributed by atoms with Crippen LogP contribution in [0.2, 0.25) is 0 Å². The van der Waals surface area contributed by atoms with E-state index in [2.05, 4.69) is 0 Å². The number of hydrogen-bond acceptors (Lipinski definition) is 2. The molecule has 0 radical (unpaired) electrons. The van der Waals surface area contributed by atoms with Gasteiger partial charge in [0.2, 0.25) is 6.43 Å². The molecule has 0 aliphatic rings. The van der Waals surface area contributed by atoms with E-state index in [-0.39, 0.29) is 5.56 Å². The first-order valence-corrected chi connectivity index (χ1v) is 5.39. The van der Waals surface area contributed by atoms with Crippen molar-refractivity contribution in [2.75, 3.05) is 0 Å². The first kappa shape index (κ1) is 15.0. The zero-order chi connectivity index (χ0) is 14.6. The molecule has 1 atom stereocenters. The quantitative estimate of drug-likeness (QED) is 0.863. The molecule has 0 spiro atoms. The zero-order valence-electron chi connectivity index (χ0n) is 9.99. The summed E-state index contributed by atoms with van der Waals surface area (Å²) in [6, 6.07) is 1.61. The average molecular weight is 275 g/mol. The number of rotatable bonds is 5. The summed E-state index contributed by atoms with van der Waals surface area (Å²) in [6.07, 6.45) is -3.84. The molecule has 2 N–H and O–H groups in total. The number of aryl methyl sites for hydroxylation is 1. The molecule has 19 heavy (non-hydrogen) atoms. The number of alkyl halides is 2. The maximum absolute atomic E-state index is 12.8. The van der Waals surface area contributed by atoms with Crippen molar-refractivity contribution in [1.82, 2.24) is 5.32 Å². The maximum Gasteiger partial charge on any atom is 0.326 e. The van der Waals surface area contributed by atoms with Gasteiger partial charge >= 0.3 is 5.97 Å². The van der Waals surface area contributed by atoms with Gasteiger partial charge in [0, 0.05) is 12.0 Å². The Bertz CT molecular complexity index is 491. The number of nitrogens with one attached hydrogen (secondary N) is 1. The summed E-state index contributed by atoms with van der Waals surface area (Å²) in [5.74, 6) is -2.92. The van der Waals surface area contributed by atoms with Crippen molar-refractivity contribution in [2.45, 2.75) is 25.8 Å². The zero-order valence-corrected chi connectivity index (χ0v) is 9.99. The number of carbonyl (C=O) groups excluding carboxylic acids is 1. The number of carboxylic acids is 1. The molecule has 1 unspecified atom stereocenters. The Kier molecular flexibility index (Phi) is 4.91. The highest BCUT2D eigenvalue weighted by atomic mass is 19.3. The number of hydrogen-bond donors (Lipinski definition) is 2. The average Bonchev–Trinajstić information content (AvgIpc) is 2.26. The summed E-state index contributed by atoms with van der Waals surface area (Å²) < 4.78 is 37.2. The van der Waals surface area contributed by atoms with Crippen LogP contribution in [0.25, 0.3) is 0 Å². The second kappa shape index (κ2) is 6.21. The molecule has 0 aromatic heterocycles. The highest BCUT2D eigenvalue weighted by Gasteiger charge is 2.25. The van der Waals surface area contributed by atoms with E-state index in [1.54, 1.807) is 0 Å². The lowest BCUT2D eigenvalue weighted by Gasteiger charge is -2.14. The predicted molar refractivity (Wildman–Crippen MR) is 60.6 cm³/mol. The van der Waals surface area contributed by atoms with Crippen LogP contribution in [0.5, 0.6) is 0 Å². The Hall–Kier alpha value is -2.05. The number of aliphatic carboxylic acids is 1. The van der Waals surface area contributed by atoms with Gasteiger partial charge in [0.25, 0.3) is 5.91 Å². The van der Waals surface area contributed by atoms with Crippen LogP contribution in [0.15, 0.2) is 18.2 Å². The van der Waals surface area contributed by atoms with E-state index < -0.39 is 36.6 Å². The SMILES string of the molecule is Cc1cc(F)ccc1C(=O)NC(CC(F)F)C(=O)O. The van der Waals surface area contributed by atoms with Crippen LogP contribution in [-0.4, -0.2) is 29.5 Å². The number of carboxylic acid groups (broad SMARTS) is 1. The molecule has 104 valence electrons. The summed E-state index contributed by atoms with van der Waals surface area (Å²) in [5.41, 5.74) is 0.334. The number of benzene rings is 1. The van der Waals surface area contributed by atoms with Gasteiger partial charge in [0.05, 0.1) is 0 Å². The molecule has 0 saturated carbocycles. The third kappa shape index (κ3) is 4.27. The molecule has 4 nitrogen and oxygen atoms in total. The fraction of sp³-hybridized carbons (Fsp3) is 0.333. The van der Waals surface area contributed by atoms with E-state index >= 15 is 0 Å².